The lowest BCUT2D eigenvalue weighted by molar-refractivity contribution is 0.627. The molecule has 3 heterocycles. The van der Waals surface area contributed by atoms with E-state index in [1.54, 1.807) is 30.7 Å². The van der Waals surface area contributed by atoms with Crippen LogP contribution in [0, 0.1) is 5.82 Å². The fourth-order valence-electron chi connectivity index (χ4n) is 3.08. The molecule has 0 fully saturated rings. The molecule has 4 rings (SSSR count). The standard InChI is InChI=1S/C22H17FN4/c23-19-8-10-20(11-9-19)27(21-7-1-2-14-26-21)22(17-5-3-12-24-15-17)18-6-4-13-25-16-18/h1-16,22H. The van der Waals surface area contributed by atoms with E-state index in [1.807, 2.05) is 54.9 Å². The normalized spacial score (nSPS) is 10.7. The van der Waals surface area contributed by atoms with E-state index in [4.69, 9.17) is 0 Å². The number of hydrogen-bond donors (Lipinski definition) is 0. The highest BCUT2D eigenvalue weighted by Gasteiger charge is 2.25. The lowest BCUT2D eigenvalue weighted by atomic mass is 9.99. The number of nitrogens with zero attached hydrogens (tertiary/aromatic N) is 4. The first kappa shape index (κ1) is 16.8. The Morgan fingerprint density at radius 2 is 1.37 bits per heavy atom. The van der Waals surface area contributed by atoms with Crippen molar-refractivity contribution < 1.29 is 4.39 Å². The molecule has 27 heavy (non-hydrogen) atoms. The van der Waals surface area contributed by atoms with Crippen molar-refractivity contribution in [3.63, 3.8) is 0 Å². The average molecular weight is 356 g/mol. The van der Waals surface area contributed by atoms with Crippen LogP contribution in [0.2, 0.25) is 0 Å². The van der Waals surface area contributed by atoms with E-state index in [-0.39, 0.29) is 11.9 Å². The van der Waals surface area contributed by atoms with Crippen LogP contribution in [0.1, 0.15) is 17.2 Å². The van der Waals surface area contributed by atoms with Crippen molar-refractivity contribution in [3.8, 4) is 0 Å². The molecule has 3 aromatic heterocycles. The second-order valence-corrected chi connectivity index (χ2v) is 6.01. The molecule has 0 radical (unpaired) electrons. The topological polar surface area (TPSA) is 41.9 Å². The molecule has 0 atom stereocenters. The van der Waals surface area contributed by atoms with Crippen molar-refractivity contribution in [1.29, 1.82) is 0 Å². The fourth-order valence-corrected chi connectivity index (χ4v) is 3.08. The van der Waals surface area contributed by atoms with Gasteiger partial charge in [0.1, 0.15) is 11.6 Å². The van der Waals surface area contributed by atoms with E-state index in [1.165, 1.54) is 12.1 Å². The van der Waals surface area contributed by atoms with E-state index in [9.17, 15) is 4.39 Å². The Kier molecular flexibility index (Phi) is 4.83. The van der Waals surface area contributed by atoms with E-state index >= 15 is 0 Å². The van der Waals surface area contributed by atoms with Crippen LogP contribution in [-0.2, 0) is 0 Å². The molecule has 4 nitrogen and oxygen atoms in total. The lowest BCUT2D eigenvalue weighted by Gasteiger charge is -2.33. The van der Waals surface area contributed by atoms with Gasteiger partial charge in [-0.15, -0.1) is 0 Å². The molecule has 0 amide bonds. The molecule has 0 saturated carbocycles. The van der Waals surface area contributed by atoms with Gasteiger partial charge in [-0.05, 0) is 59.7 Å². The summed E-state index contributed by atoms with van der Waals surface area (Å²) in [6, 6.07) is 19.8. The quantitative estimate of drug-likeness (QED) is 0.508. The van der Waals surface area contributed by atoms with Crippen molar-refractivity contribution in [3.05, 3.63) is 115 Å². The Morgan fingerprint density at radius 1 is 0.704 bits per heavy atom. The zero-order chi connectivity index (χ0) is 18.5. The molecular weight excluding hydrogens is 339 g/mol. The van der Waals surface area contributed by atoms with Crippen molar-refractivity contribution in [2.45, 2.75) is 6.04 Å². The highest BCUT2D eigenvalue weighted by Crippen LogP contribution is 2.37. The zero-order valence-corrected chi connectivity index (χ0v) is 14.5. The van der Waals surface area contributed by atoms with Gasteiger partial charge < -0.3 is 4.90 Å². The van der Waals surface area contributed by atoms with Crippen LogP contribution in [0.5, 0.6) is 0 Å². The van der Waals surface area contributed by atoms with Gasteiger partial charge in [-0.25, -0.2) is 9.37 Å². The average Bonchev–Trinajstić information content (AvgIpc) is 2.75. The van der Waals surface area contributed by atoms with Gasteiger partial charge in [-0.3, -0.25) is 9.97 Å². The highest BCUT2D eigenvalue weighted by molar-refractivity contribution is 5.64. The maximum Gasteiger partial charge on any atom is 0.133 e. The first-order chi connectivity index (χ1) is 13.3. The maximum absolute atomic E-state index is 13.5. The summed E-state index contributed by atoms with van der Waals surface area (Å²) in [5, 5.41) is 0. The molecule has 0 aliphatic heterocycles. The molecule has 0 bridgehead atoms. The molecule has 5 heteroatoms. The van der Waals surface area contributed by atoms with E-state index in [0.717, 1.165) is 22.6 Å². The minimum Gasteiger partial charge on any atom is -0.315 e. The van der Waals surface area contributed by atoms with Gasteiger partial charge in [0.15, 0.2) is 0 Å². The molecular formula is C22H17FN4. The van der Waals surface area contributed by atoms with Crippen LogP contribution in [-0.4, -0.2) is 15.0 Å². The number of hydrogen-bond acceptors (Lipinski definition) is 4. The van der Waals surface area contributed by atoms with E-state index < -0.39 is 0 Å². The van der Waals surface area contributed by atoms with Crippen LogP contribution >= 0.6 is 0 Å². The number of halogens is 1. The SMILES string of the molecule is Fc1ccc(N(c2ccccn2)C(c2cccnc2)c2cccnc2)cc1. The molecule has 0 saturated heterocycles. The Hall–Kier alpha value is -3.60. The minimum atomic E-state index is -0.279. The Morgan fingerprint density at radius 3 is 1.89 bits per heavy atom. The van der Waals surface area contributed by atoms with Gasteiger partial charge in [0, 0.05) is 36.7 Å². The number of aromatic nitrogens is 3. The smallest absolute Gasteiger partial charge is 0.133 e. The van der Waals surface area contributed by atoms with Crippen molar-refractivity contribution in [2.24, 2.45) is 0 Å². The molecule has 0 N–H and O–H groups in total. The van der Waals surface area contributed by atoms with Gasteiger partial charge >= 0.3 is 0 Å². The third kappa shape index (κ3) is 3.67. The monoisotopic (exact) mass is 356 g/mol. The van der Waals surface area contributed by atoms with Crippen molar-refractivity contribution in [2.75, 3.05) is 4.90 Å². The predicted molar refractivity (Wildman–Crippen MR) is 103 cm³/mol. The van der Waals surface area contributed by atoms with Crippen LogP contribution in [0.25, 0.3) is 0 Å². The Balaban J connectivity index is 1.93. The summed E-state index contributed by atoms with van der Waals surface area (Å²) in [6.45, 7) is 0. The zero-order valence-electron chi connectivity index (χ0n) is 14.5. The van der Waals surface area contributed by atoms with Crippen molar-refractivity contribution in [1.82, 2.24) is 15.0 Å². The number of pyridine rings is 3. The summed E-state index contributed by atoms with van der Waals surface area (Å²) >= 11 is 0. The van der Waals surface area contributed by atoms with E-state index in [2.05, 4.69) is 19.9 Å². The summed E-state index contributed by atoms with van der Waals surface area (Å²) in [6.07, 6.45) is 8.89. The van der Waals surface area contributed by atoms with Gasteiger partial charge in [0.05, 0.1) is 6.04 Å². The summed E-state index contributed by atoms with van der Waals surface area (Å²) < 4.78 is 13.5. The Labute approximate surface area is 157 Å². The second-order valence-electron chi connectivity index (χ2n) is 6.01. The second kappa shape index (κ2) is 7.74. The number of anilines is 2. The first-order valence-corrected chi connectivity index (χ1v) is 8.58. The van der Waals surface area contributed by atoms with Gasteiger partial charge in [0.25, 0.3) is 0 Å². The van der Waals surface area contributed by atoms with Gasteiger partial charge in [-0.2, -0.15) is 0 Å². The number of benzene rings is 1. The van der Waals surface area contributed by atoms with Gasteiger partial charge in [0.2, 0.25) is 0 Å². The van der Waals surface area contributed by atoms with Crippen LogP contribution < -0.4 is 4.90 Å². The maximum atomic E-state index is 13.5. The summed E-state index contributed by atoms with van der Waals surface area (Å²) in [5.74, 6) is 0.473. The van der Waals surface area contributed by atoms with Crippen LogP contribution in [0.4, 0.5) is 15.9 Å². The van der Waals surface area contributed by atoms with Crippen LogP contribution in [0.15, 0.2) is 97.7 Å². The highest BCUT2D eigenvalue weighted by atomic mass is 19.1. The fraction of sp³-hybridized carbons (Fsp3) is 0.0455. The largest absolute Gasteiger partial charge is 0.315 e. The first-order valence-electron chi connectivity index (χ1n) is 8.58. The molecule has 0 unspecified atom stereocenters. The molecule has 4 aromatic rings. The van der Waals surface area contributed by atoms with Crippen molar-refractivity contribution >= 4 is 11.5 Å². The number of rotatable bonds is 5. The third-order valence-corrected chi connectivity index (χ3v) is 4.26. The molecule has 0 aliphatic carbocycles. The predicted octanol–water partition coefficient (Wildman–Crippen LogP) is 4.94. The lowest BCUT2D eigenvalue weighted by Crippen LogP contribution is -2.26. The van der Waals surface area contributed by atoms with E-state index in [0.29, 0.717) is 0 Å². The Bertz CT molecular complexity index is 937. The summed E-state index contributed by atoms with van der Waals surface area (Å²) in [4.78, 5) is 15.2. The molecule has 132 valence electrons. The van der Waals surface area contributed by atoms with Crippen LogP contribution in [0.3, 0.4) is 0 Å². The summed E-state index contributed by atoms with van der Waals surface area (Å²) in [5.41, 5.74) is 2.80. The molecule has 1 aromatic carbocycles. The van der Waals surface area contributed by atoms with Gasteiger partial charge in [-0.1, -0.05) is 18.2 Å². The summed E-state index contributed by atoms with van der Waals surface area (Å²) in [7, 11) is 0. The minimum absolute atomic E-state index is 0.215. The third-order valence-electron chi connectivity index (χ3n) is 4.26. The molecule has 0 aliphatic rings. The molecule has 0 spiro atoms.